The molecular formula is C27H36O5. The van der Waals surface area contributed by atoms with Crippen molar-refractivity contribution in [3.8, 4) is 5.75 Å². The van der Waals surface area contributed by atoms with Crippen molar-refractivity contribution in [3.05, 3.63) is 52.1 Å². The number of carbonyl (C=O) groups excluding carboxylic acids is 1. The van der Waals surface area contributed by atoms with Crippen LogP contribution in [0.25, 0.3) is 0 Å². The van der Waals surface area contributed by atoms with Gasteiger partial charge in [-0.3, -0.25) is 0 Å². The van der Waals surface area contributed by atoms with E-state index in [1.165, 1.54) is 16.7 Å². The standard InChI is InChI=1S/C27H36O5/c1-16-7-11-24-27(5,32-24)13-12-23(26(3,4)30)31-25(29)18-8-10-22(28)19(14-18)15-21-17(2)6-9-20(16)21/h7-8,10,14,20,23-24,28,30H,6,9,11-13,15H2,1-5H3/b16-7+/t20?,23?,24-,27-/m0/s1. The Morgan fingerprint density at radius 2 is 1.94 bits per heavy atom. The number of rotatable bonds is 1. The molecule has 2 heterocycles. The minimum atomic E-state index is -1.17. The number of cyclic esters (lactones) is 1. The number of aliphatic hydroxyl groups is 1. The van der Waals surface area contributed by atoms with E-state index >= 15 is 0 Å². The second kappa shape index (κ2) is 8.35. The van der Waals surface area contributed by atoms with Crippen LogP contribution in [0.15, 0.2) is 41.0 Å². The molecule has 174 valence electrons. The number of fused-ring (bicyclic) bond motifs is 4. The molecule has 0 aromatic heterocycles. The number of phenolic OH excluding ortho intramolecular Hbond substituents is 1. The molecule has 0 radical (unpaired) electrons. The minimum Gasteiger partial charge on any atom is -0.508 e. The van der Waals surface area contributed by atoms with Gasteiger partial charge in [-0.25, -0.2) is 4.79 Å². The third-order valence-corrected chi connectivity index (χ3v) is 7.65. The monoisotopic (exact) mass is 440 g/mol. The molecule has 5 nitrogen and oxygen atoms in total. The molecule has 0 spiro atoms. The first-order chi connectivity index (χ1) is 15.0. The maximum atomic E-state index is 13.0. The lowest BCUT2D eigenvalue weighted by molar-refractivity contribution is -0.0694. The van der Waals surface area contributed by atoms with Crippen molar-refractivity contribution in [3.63, 3.8) is 0 Å². The fourth-order valence-electron chi connectivity index (χ4n) is 5.24. The van der Waals surface area contributed by atoms with Crippen molar-refractivity contribution in [2.24, 2.45) is 5.92 Å². The zero-order valence-electron chi connectivity index (χ0n) is 19.9. The Kier molecular flexibility index (Phi) is 6.01. The number of benzene rings is 1. The van der Waals surface area contributed by atoms with Crippen molar-refractivity contribution < 1.29 is 24.5 Å². The first kappa shape index (κ1) is 23.1. The van der Waals surface area contributed by atoms with Gasteiger partial charge in [0, 0.05) is 5.92 Å². The van der Waals surface area contributed by atoms with Crippen molar-refractivity contribution in [2.75, 3.05) is 0 Å². The summed E-state index contributed by atoms with van der Waals surface area (Å²) in [5.41, 5.74) is 3.76. The first-order valence-electron chi connectivity index (χ1n) is 11.8. The molecule has 4 rings (SSSR count). The van der Waals surface area contributed by atoms with Gasteiger partial charge >= 0.3 is 5.97 Å². The fraction of sp³-hybridized carbons (Fsp3) is 0.593. The van der Waals surface area contributed by atoms with Gasteiger partial charge in [0.05, 0.1) is 22.9 Å². The molecule has 2 bridgehead atoms. The molecule has 0 saturated carbocycles. The zero-order chi connectivity index (χ0) is 23.3. The molecule has 0 amide bonds. The van der Waals surface area contributed by atoms with Gasteiger partial charge in [0.1, 0.15) is 11.9 Å². The number of esters is 1. The predicted molar refractivity (Wildman–Crippen MR) is 124 cm³/mol. The highest BCUT2D eigenvalue weighted by molar-refractivity contribution is 5.90. The van der Waals surface area contributed by atoms with Gasteiger partial charge in [-0.2, -0.15) is 0 Å². The van der Waals surface area contributed by atoms with Crippen molar-refractivity contribution >= 4 is 5.97 Å². The lowest BCUT2D eigenvalue weighted by Crippen LogP contribution is -2.40. The number of hydrogen-bond acceptors (Lipinski definition) is 5. The summed E-state index contributed by atoms with van der Waals surface area (Å²) in [5.74, 6) is 0.0764. The van der Waals surface area contributed by atoms with E-state index in [9.17, 15) is 15.0 Å². The van der Waals surface area contributed by atoms with Crippen LogP contribution in [-0.2, 0) is 15.9 Å². The Hall–Kier alpha value is -2.11. The predicted octanol–water partition coefficient (Wildman–Crippen LogP) is 5.25. The van der Waals surface area contributed by atoms with E-state index < -0.39 is 17.7 Å². The van der Waals surface area contributed by atoms with Crippen LogP contribution in [0.5, 0.6) is 5.75 Å². The molecule has 2 N–H and O–H groups in total. The molecule has 1 aliphatic carbocycles. The summed E-state index contributed by atoms with van der Waals surface area (Å²) in [5, 5.41) is 21.2. The molecule has 1 saturated heterocycles. The average Bonchev–Trinajstić information content (AvgIpc) is 3.23. The van der Waals surface area contributed by atoms with Crippen LogP contribution in [0.1, 0.15) is 82.6 Å². The molecule has 3 aliphatic rings. The largest absolute Gasteiger partial charge is 0.508 e. The molecule has 2 unspecified atom stereocenters. The van der Waals surface area contributed by atoms with Gasteiger partial charge in [0.2, 0.25) is 0 Å². The summed E-state index contributed by atoms with van der Waals surface area (Å²) in [6, 6.07) is 4.90. The minimum absolute atomic E-state index is 0.148. The molecular weight excluding hydrogens is 404 g/mol. The lowest BCUT2D eigenvalue weighted by Gasteiger charge is -2.30. The quantitative estimate of drug-likeness (QED) is 0.354. The fourth-order valence-corrected chi connectivity index (χ4v) is 5.24. The Morgan fingerprint density at radius 1 is 1.19 bits per heavy atom. The second-order valence-corrected chi connectivity index (χ2v) is 10.6. The third-order valence-electron chi connectivity index (χ3n) is 7.65. The van der Waals surface area contributed by atoms with Gasteiger partial charge in [-0.1, -0.05) is 22.8 Å². The average molecular weight is 441 g/mol. The number of phenols is 1. The van der Waals surface area contributed by atoms with E-state index in [2.05, 4.69) is 26.8 Å². The Bertz CT molecular complexity index is 967. The second-order valence-electron chi connectivity index (χ2n) is 10.6. The highest BCUT2D eigenvalue weighted by atomic mass is 16.6. The number of ether oxygens (including phenoxy) is 2. The Morgan fingerprint density at radius 3 is 2.66 bits per heavy atom. The van der Waals surface area contributed by atoms with Crippen LogP contribution >= 0.6 is 0 Å². The number of epoxide rings is 1. The number of hydrogen-bond donors (Lipinski definition) is 2. The van der Waals surface area contributed by atoms with E-state index in [-0.39, 0.29) is 17.5 Å². The number of carbonyl (C=O) groups is 1. The molecule has 1 fully saturated rings. The first-order valence-corrected chi connectivity index (χ1v) is 11.8. The van der Waals surface area contributed by atoms with Gasteiger partial charge < -0.3 is 19.7 Å². The Balaban J connectivity index is 1.71. The van der Waals surface area contributed by atoms with Crippen LogP contribution in [-0.4, -0.2) is 39.6 Å². The van der Waals surface area contributed by atoms with E-state index in [1.54, 1.807) is 32.0 Å². The van der Waals surface area contributed by atoms with E-state index in [4.69, 9.17) is 9.47 Å². The normalized spacial score (nSPS) is 33.1. The third kappa shape index (κ3) is 4.65. The lowest BCUT2D eigenvalue weighted by atomic mass is 9.86. The van der Waals surface area contributed by atoms with E-state index in [1.807, 2.05) is 0 Å². The summed E-state index contributed by atoms with van der Waals surface area (Å²) in [6.07, 6.45) is 6.65. The van der Waals surface area contributed by atoms with Crippen LogP contribution < -0.4 is 0 Å². The van der Waals surface area contributed by atoms with Crippen molar-refractivity contribution in [2.45, 2.75) is 96.6 Å². The highest BCUT2D eigenvalue weighted by Gasteiger charge is 2.51. The smallest absolute Gasteiger partial charge is 0.338 e. The van der Waals surface area contributed by atoms with Crippen LogP contribution in [0, 0.1) is 5.92 Å². The summed E-state index contributed by atoms with van der Waals surface area (Å²) in [6.45, 7) is 9.81. The summed E-state index contributed by atoms with van der Waals surface area (Å²) >= 11 is 0. The van der Waals surface area contributed by atoms with Crippen LogP contribution in [0.3, 0.4) is 0 Å². The summed E-state index contributed by atoms with van der Waals surface area (Å²) in [7, 11) is 0. The summed E-state index contributed by atoms with van der Waals surface area (Å²) in [4.78, 5) is 13.0. The van der Waals surface area contributed by atoms with E-state index in [0.717, 1.165) is 24.8 Å². The Labute approximate surface area is 191 Å². The molecule has 1 aromatic rings. The molecule has 1 aromatic carbocycles. The molecule has 4 atom stereocenters. The zero-order valence-corrected chi connectivity index (χ0v) is 19.9. The van der Waals surface area contributed by atoms with Crippen molar-refractivity contribution in [1.82, 2.24) is 0 Å². The van der Waals surface area contributed by atoms with Crippen LogP contribution in [0.4, 0.5) is 0 Å². The van der Waals surface area contributed by atoms with Gasteiger partial charge in [-0.05, 0) is 96.9 Å². The number of allylic oxidation sites excluding steroid dienone is 3. The van der Waals surface area contributed by atoms with Gasteiger partial charge in [0.15, 0.2) is 0 Å². The maximum Gasteiger partial charge on any atom is 0.338 e. The highest BCUT2D eigenvalue weighted by Crippen LogP contribution is 2.45. The van der Waals surface area contributed by atoms with Gasteiger partial charge in [0.25, 0.3) is 0 Å². The molecule has 5 heteroatoms. The molecule has 2 aliphatic heterocycles. The van der Waals surface area contributed by atoms with Crippen molar-refractivity contribution in [1.29, 1.82) is 0 Å². The van der Waals surface area contributed by atoms with Gasteiger partial charge in [-0.15, -0.1) is 0 Å². The number of aromatic hydroxyl groups is 1. The molecule has 32 heavy (non-hydrogen) atoms. The van der Waals surface area contributed by atoms with Crippen LogP contribution in [0.2, 0.25) is 0 Å². The van der Waals surface area contributed by atoms with E-state index in [0.29, 0.717) is 30.7 Å². The topological polar surface area (TPSA) is 79.3 Å². The summed E-state index contributed by atoms with van der Waals surface area (Å²) < 4.78 is 11.8. The SMILES string of the molecule is CC1=C2Cc3cc(ccc3O)C(=O)OC(C(C)(C)O)CC[C@]3(C)O[C@H]3C/C=C(\C)C2CC1. The maximum absolute atomic E-state index is 13.0.